The molecule has 0 bridgehead atoms. The summed E-state index contributed by atoms with van der Waals surface area (Å²) in [5.41, 5.74) is -0.893. The van der Waals surface area contributed by atoms with Crippen LogP contribution >= 0.6 is 0 Å². The number of unbranched alkanes of at least 4 members (excludes halogenated alkanes) is 1. The monoisotopic (exact) mass is 369 g/mol. The fraction of sp³-hybridized carbons (Fsp3) is 0.353. The highest BCUT2D eigenvalue weighted by atomic mass is 19.4. The number of aliphatic carboxylic acids is 1. The van der Waals surface area contributed by atoms with Crippen LogP contribution in [0.15, 0.2) is 30.5 Å². The summed E-state index contributed by atoms with van der Waals surface area (Å²) in [5.74, 6) is -1.86. The summed E-state index contributed by atoms with van der Waals surface area (Å²) >= 11 is 0. The predicted octanol–water partition coefficient (Wildman–Crippen LogP) is 3.18. The summed E-state index contributed by atoms with van der Waals surface area (Å²) < 4.78 is 41.4. The van der Waals surface area contributed by atoms with Gasteiger partial charge < -0.3 is 10.4 Å². The Morgan fingerprint density at radius 3 is 2.54 bits per heavy atom. The number of carbonyl (C=O) groups excluding carboxylic acids is 1. The minimum absolute atomic E-state index is 0.0606. The van der Waals surface area contributed by atoms with Crippen LogP contribution in [0.2, 0.25) is 0 Å². The summed E-state index contributed by atoms with van der Waals surface area (Å²) in [6, 6.07) is 6.43. The molecule has 1 aromatic carbocycles. The van der Waals surface area contributed by atoms with E-state index in [1.165, 1.54) is 6.07 Å². The topological polar surface area (TPSA) is 84.2 Å². The maximum absolute atomic E-state index is 13.5. The molecule has 1 aromatic heterocycles. The number of aromatic nitrogens is 2. The van der Waals surface area contributed by atoms with E-state index in [1.807, 2.05) is 0 Å². The number of amides is 1. The Hall–Kier alpha value is -2.84. The number of benzene rings is 1. The van der Waals surface area contributed by atoms with E-state index in [-0.39, 0.29) is 18.7 Å². The number of hydrogen-bond donors (Lipinski definition) is 2. The molecular formula is C17H18F3N3O3. The van der Waals surface area contributed by atoms with Crippen molar-refractivity contribution in [2.75, 3.05) is 6.54 Å². The Morgan fingerprint density at radius 1 is 1.23 bits per heavy atom. The average Bonchev–Trinajstić information content (AvgIpc) is 2.99. The van der Waals surface area contributed by atoms with Gasteiger partial charge in [-0.2, -0.15) is 18.3 Å². The summed E-state index contributed by atoms with van der Waals surface area (Å²) in [5, 5.41) is 14.7. The fourth-order valence-electron chi connectivity index (χ4n) is 2.47. The van der Waals surface area contributed by atoms with Gasteiger partial charge in [0.15, 0.2) is 5.69 Å². The molecule has 2 rings (SSSR count). The molecule has 0 radical (unpaired) electrons. The number of carboxylic acids is 1. The van der Waals surface area contributed by atoms with Crippen molar-refractivity contribution in [2.45, 2.75) is 32.4 Å². The first kappa shape index (κ1) is 19.5. The molecule has 1 heterocycles. The van der Waals surface area contributed by atoms with E-state index >= 15 is 0 Å². The molecule has 0 spiro atoms. The van der Waals surface area contributed by atoms with Gasteiger partial charge in [-0.1, -0.05) is 18.2 Å². The summed E-state index contributed by atoms with van der Waals surface area (Å²) in [7, 11) is 0. The standard InChI is InChI=1S/C17H18F3N3O3/c1-11-6-2-3-7-13(11)23-15(17(18,19)20)12(10-22-23)16(26)21-9-5-4-8-14(24)25/h2-3,6-7,10H,4-5,8-9H2,1H3,(H,21,26)(H,24,25). The zero-order chi connectivity index (χ0) is 19.3. The molecule has 0 aliphatic heterocycles. The molecule has 6 nitrogen and oxygen atoms in total. The van der Waals surface area contributed by atoms with E-state index in [1.54, 1.807) is 25.1 Å². The second kappa shape index (κ2) is 8.03. The van der Waals surface area contributed by atoms with E-state index in [0.29, 0.717) is 23.1 Å². The molecule has 0 saturated heterocycles. The van der Waals surface area contributed by atoms with Crippen molar-refractivity contribution < 1.29 is 27.9 Å². The maximum atomic E-state index is 13.5. The summed E-state index contributed by atoms with van der Waals surface area (Å²) in [4.78, 5) is 22.6. The first-order valence-electron chi connectivity index (χ1n) is 7.93. The van der Waals surface area contributed by atoms with Gasteiger partial charge in [0.2, 0.25) is 0 Å². The largest absolute Gasteiger partial charge is 0.481 e. The van der Waals surface area contributed by atoms with Gasteiger partial charge in [-0.3, -0.25) is 9.59 Å². The lowest BCUT2D eigenvalue weighted by atomic mass is 10.1. The van der Waals surface area contributed by atoms with Gasteiger partial charge in [-0.15, -0.1) is 0 Å². The van der Waals surface area contributed by atoms with Gasteiger partial charge in [0.1, 0.15) is 0 Å². The van der Waals surface area contributed by atoms with Crippen molar-refractivity contribution in [3.63, 3.8) is 0 Å². The zero-order valence-corrected chi connectivity index (χ0v) is 14.0. The van der Waals surface area contributed by atoms with Gasteiger partial charge in [-0.25, -0.2) is 4.68 Å². The van der Waals surface area contributed by atoms with Crippen molar-refractivity contribution in [1.82, 2.24) is 15.1 Å². The highest BCUT2D eigenvalue weighted by molar-refractivity contribution is 5.95. The lowest BCUT2D eigenvalue weighted by Crippen LogP contribution is -2.27. The van der Waals surface area contributed by atoms with E-state index in [0.717, 1.165) is 6.20 Å². The number of alkyl halides is 3. The molecule has 26 heavy (non-hydrogen) atoms. The fourth-order valence-corrected chi connectivity index (χ4v) is 2.47. The Labute approximate surface area is 147 Å². The van der Waals surface area contributed by atoms with E-state index in [2.05, 4.69) is 10.4 Å². The molecule has 0 aliphatic carbocycles. The summed E-state index contributed by atoms with van der Waals surface area (Å²) in [6.45, 7) is 1.73. The quantitative estimate of drug-likeness (QED) is 0.734. The number of halogens is 3. The average molecular weight is 369 g/mol. The highest BCUT2D eigenvalue weighted by Gasteiger charge is 2.40. The van der Waals surface area contributed by atoms with E-state index < -0.39 is 29.3 Å². The second-order valence-corrected chi connectivity index (χ2v) is 5.71. The van der Waals surface area contributed by atoms with Crippen molar-refractivity contribution in [2.24, 2.45) is 0 Å². The van der Waals surface area contributed by atoms with E-state index in [9.17, 15) is 22.8 Å². The van der Waals surface area contributed by atoms with Crippen molar-refractivity contribution in [1.29, 1.82) is 0 Å². The molecule has 2 aromatic rings. The van der Waals surface area contributed by atoms with Gasteiger partial charge in [0.25, 0.3) is 5.91 Å². The van der Waals surface area contributed by atoms with Gasteiger partial charge in [0, 0.05) is 13.0 Å². The minimum Gasteiger partial charge on any atom is -0.481 e. The minimum atomic E-state index is -4.77. The van der Waals surface area contributed by atoms with Crippen molar-refractivity contribution in [3.05, 3.63) is 47.3 Å². The Balaban J connectivity index is 2.23. The molecule has 0 atom stereocenters. The number of aryl methyl sites for hydroxylation is 1. The van der Waals surface area contributed by atoms with Crippen LogP contribution in [0.3, 0.4) is 0 Å². The zero-order valence-electron chi connectivity index (χ0n) is 14.0. The van der Waals surface area contributed by atoms with Crippen molar-refractivity contribution in [3.8, 4) is 5.69 Å². The number of rotatable bonds is 7. The van der Waals surface area contributed by atoms with Gasteiger partial charge in [0.05, 0.1) is 17.4 Å². The third-order valence-corrected chi connectivity index (χ3v) is 3.73. The number of hydrogen-bond acceptors (Lipinski definition) is 3. The molecule has 1 amide bonds. The normalized spacial score (nSPS) is 11.4. The first-order valence-corrected chi connectivity index (χ1v) is 7.93. The van der Waals surface area contributed by atoms with Crippen LogP contribution in [0.25, 0.3) is 5.69 Å². The van der Waals surface area contributed by atoms with Crippen molar-refractivity contribution >= 4 is 11.9 Å². The molecule has 0 aliphatic rings. The van der Waals surface area contributed by atoms with Crippen LogP contribution in [0.4, 0.5) is 13.2 Å². The third-order valence-electron chi connectivity index (χ3n) is 3.73. The van der Waals surface area contributed by atoms with Crippen LogP contribution in [0, 0.1) is 6.92 Å². The smallest absolute Gasteiger partial charge is 0.434 e. The Bertz CT molecular complexity index is 800. The van der Waals surface area contributed by atoms with Crippen LogP contribution in [-0.4, -0.2) is 33.3 Å². The Kier molecular flexibility index (Phi) is 6.01. The lowest BCUT2D eigenvalue weighted by molar-refractivity contribution is -0.143. The molecule has 140 valence electrons. The SMILES string of the molecule is Cc1ccccc1-n1ncc(C(=O)NCCCCC(=O)O)c1C(F)(F)F. The number of nitrogens with zero attached hydrogens (tertiary/aromatic N) is 2. The summed E-state index contributed by atoms with van der Waals surface area (Å²) in [6.07, 6.45) is -3.26. The molecule has 2 N–H and O–H groups in total. The Morgan fingerprint density at radius 2 is 1.92 bits per heavy atom. The van der Waals surface area contributed by atoms with Crippen LogP contribution in [0.5, 0.6) is 0 Å². The van der Waals surface area contributed by atoms with E-state index in [4.69, 9.17) is 5.11 Å². The first-order chi connectivity index (χ1) is 12.2. The molecule has 0 unspecified atom stereocenters. The molecule has 0 fully saturated rings. The number of carbonyl (C=O) groups is 2. The van der Waals surface area contributed by atoms with Gasteiger partial charge >= 0.3 is 12.1 Å². The number of para-hydroxylation sites is 1. The lowest BCUT2D eigenvalue weighted by Gasteiger charge is -2.14. The van der Waals surface area contributed by atoms with Crippen LogP contribution in [0.1, 0.15) is 40.9 Å². The van der Waals surface area contributed by atoms with Gasteiger partial charge in [-0.05, 0) is 31.4 Å². The van der Waals surface area contributed by atoms with Crippen LogP contribution < -0.4 is 5.32 Å². The second-order valence-electron chi connectivity index (χ2n) is 5.71. The predicted molar refractivity (Wildman–Crippen MR) is 87.1 cm³/mol. The molecule has 0 saturated carbocycles. The van der Waals surface area contributed by atoms with Crippen LogP contribution in [-0.2, 0) is 11.0 Å². The maximum Gasteiger partial charge on any atom is 0.434 e. The third kappa shape index (κ3) is 4.62. The number of carboxylic acid groups (broad SMARTS) is 1. The molecular weight excluding hydrogens is 351 g/mol. The number of nitrogens with one attached hydrogen (secondary N) is 1. The highest BCUT2D eigenvalue weighted by Crippen LogP contribution is 2.34. The molecule has 9 heteroatoms.